The third-order valence-corrected chi connectivity index (χ3v) is 4.11. The minimum absolute atomic E-state index is 0.336. The van der Waals surface area contributed by atoms with Gasteiger partial charge in [0.15, 0.2) is 0 Å². The van der Waals surface area contributed by atoms with Crippen molar-refractivity contribution in [3.05, 3.63) is 89.0 Å². The van der Waals surface area contributed by atoms with Crippen molar-refractivity contribution >= 4 is 17.5 Å². The summed E-state index contributed by atoms with van der Waals surface area (Å²) in [4.78, 5) is 24.3. The van der Waals surface area contributed by atoms with Crippen LogP contribution in [-0.2, 0) is 0 Å². The molecule has 0 saturated carbocycles. The molecule has 0 unspecified atom stereocenters. The number of carbonyl (C=O) groups is 2. The quantitative estimate of drug-likeness (QED) is 0.705. The van der Waals surface area contributed by atoms with Crippen LogP contribution in [-0.4, -0.2) is 11.8 Å². The highest BCUT2D eigenvalue weighted by Crippen LogP contribution is 2.27. The molecule has 0 saturated heterocycles. The van der Waals surface area contributed by atoms with Crippen molar-refractivity contribution in [3.63, 3.8) is 0 Å². The Morgan fingerprint density at radius 1 is 0.889 bits per heavy atom. The monoisotopic (exact) mass is 360 g/mol. The maximum absolute atomic E-state index is 12.8. The minimum Gasteiger partial charge on any atom is -0.457 e. The number of primary amides is 1. The number of nitrogens with two attached hydrogens (primary N) is 1. The van der Waals surface area contributed by atoms with Crippen molar-refractivity contribution in [1.82, 2.24) is 0 Å². The molecule has 0 aromatic heterocycles. The Kier molecular flexibility index (Phi) is 5.22. The predicted molar refractivity (Wildman–Crippen MR) is 105 cm³/mol. The fourth-order valence-corrected chi connectivity index (χ4v) is 2.71. The molecule has 136 valence electrons. The topological polar surface area (TPSA) is 81.4 Å². The summed E-state index contributed by atoms with van der Waals surface area (Å²) < 4.78 is 5.90. The molecule has 0 heterocycles. The molecule has 3 aromatic carbocycles. The van der Waals surface area contributed by atoms with Crippen LogP contribution in [0.2, 0.25) is 0 Å². The highest BCUT2D eigenvalue weighted by molar-refractivity contribution is 6.07. The van der Waals surface area contributed by atoms with E-state index in [-0.39, 0.29) is 5.91 Å². The first-order valence-corrected chi connectivity index (χ1v) is 8.49. The number of para-hydroxylation sites is 1. The molecule has 2 amide bonds. The van der Waals surface area contributed by atoms with Crippen molar-refractivity contribution in [2.24, 2.45) is 5.73 Å². The average molecular weight is 360 g/mol. The number of hydrogen-bond donors (Lipinski definition) is 2. The molecule has 0 radical (unpaired) electrons. The van der Waals surface area contributed by atoms with Crippen LogP contribution < -0.4 is 15.8 Å². The second-order valence-corrected chi connectivity index (χ2v) is 6.26. The van der Waals surface area contributed by atoms with Crippen LogP contribution in [0, 0.1) is 13.8 Å². The number of hydrogen-bond acceptors (Lipinski definition) is 3. The van der Waals surface area contributed by atoms with Gasteiger partial charge in [-0.25, -0.2) is 0 Å². The number of aryl methyl sites for hydroxylation is 2. The third kappa shape index (κ3) is 4.33. The average Bonchev–Trinajstić information content (AvgIpc) is 2.63. The van der Waals surface area contributed by atoms with Crippen LogP contribution in [0.15, 0.2) is 66.7 Å². The van der Waals surface area contributed by atoms with Gasteiger partial charge in [0.1, 0.15) is 11.5 Å². The van der Waals surface area contributed by atoms with Crippen LogP contribution in [0.4, 0.5) is 5.69 Å². The fraction of sp³-hybridized carbons (Fsp3) is 0.0909. The van der Waals surface area contributed by atoms with E-state index in [9.17, 15) is 9.59 Å². The number of nitrogens with one attached hydrogen (secondary N) is 1. The second kappa shape index (κ2) is 7.74. The molecular formula is C22H20N2O3. The SMILES string of the molecule is Cc1cccc(Oc2ccccc2C(=O)Nc2ccc(C)c(C(N)=O)c2)c1. The first-order chi connectivity index (χ1) is 12.9. The van der Waals surface area contributed by atoms with Gasteiger partial charge in [0.05, 0.1) is 5.56 Å². The highest BCUT2D eigenvalue weighted by Gasteiger charge is 2.14. The van der Waals surface area contributed by atoms with Crippen molar-refractivity contribution in [3.8, 4) is 11.5 Å². The zero-order chi connectivity index (χ0) is 19.4. The van der Waals surface area contributed by atoms with Gasteiger partial charge < -0.3 is 15.8 Å². The minimum atomic E-state index is -0.535. The molecule has 5 heteroatoms. The summed E-state index contributed by atoms with van der Waals surface area (Å²) in [6.45, 7) is 3.76. The molecule has 0 aliphatic carbocycles. The number of carbonyl (C=O) groups excluding carboxylic acids is 2. The Hall–Kier alpha value is -3.60. The molecule has 0 bridgehead atoms. The van der Waals surface area contributed by atoms with E-state index < -0.39 is 5.91 Å². The van der Waals surface area contributed by atoms with Gasteiger partial charge in [-0.05, 0) is 61.4 Å². The zero-order valence-corrected chi connectivity index (χ0v) is 15.2. The predicted octanol–water partition coefficient (Wildman–Crippen LogP) is 4.45. The van der Waals surface area contributed by atoms with E-state index >= 15 is 0 Å². The van der Waals surface area contributed by atoms with Gasteiger partial charge in [0.25, 0.3) is 5.91 Å². The van der Waals surface area contributed by atoms with E-state index in [1.165, 1.54) is 0 Å². The van der Waals surface area contributed by atoms with E-state index in [0.717, 1.165) is 11.1 Å². The summed E-state index contributed by atoms with van der Waals surface area (Å²) in [5.74, 6) is 0.230. The molecule has 27 heavy (non-hydrogen) atoms. The van der Waals surface area contributed by atoms with Crippen LogP contribution >= 0.6 is 0 Å². The number of anilines is 1. The zero-order valence-electron chi connectivity index (χ0n) is 15.2. The molecule has 0 spiro atoms. The molecule has 5 nitrogen and oxygen atoms in total. The normalized spacial score (nSPS) is 10.3. The first kappa shape index (κ1) is 18.2. The van der Waals surface area contributed by atoms with Crippen molar-refractivity contribution < 1.29 is 14.3 Å². The fourth-order valence-electron chi connectivity index (χ4n) is 2.71. The lowest BCUT2D eigenvalue weighted by molar-refractivity contribution is 0.0995. The van der Waals surface area contributed by atoms with Gasteiger partial charge in [-0.2, -0.15) is 0 Å². The lowest BCUT2D eigenvalue weighted by Gasteiger charge is -2.12. The molecule has 0 fully saturated rings. The van der Waals surface area contributed by atoms with E-state index in [0.29, 0.717) is 28.3 Å². The first-order valence-electron chi connectivity index (χ1n) is 8.49. The number of benzene rings is 3. The van der Waals surface area contributed by atoms with Gasteiger partial charge in [-0.15, -0.1) is 0 Å². The molecule has 0 aliphatic heterocycles. The molecule has 3 rings (SSSR count). The maximum Gasteiger partial charge on any atom is 0.259 e. The van der Waals surface area contributed by atoms with Crippen molar-refractivity contribution in [2.75, 3.05) is 5.32 Å². The summed E-state index contributed by atoms with van der Waals surface area (Å²) in [5, 5.41) is 2.79. The van der Waals surface area contributed by atoms with Crippen LogP contribution in [0.3, 0.4) is 0 Å². The Morgan fingerprint density at radius 2 is 1.67 bits per heavy atom. The standard InChI is InChI=1S/C22H20N2O3/c1-14-6-5-7-17(12-14)27-20-9-4-3-8-18(20)22(26)24-16-11-10-15(2)19(13-16)21(23)25/h3-13H,1-2H3,(H2,23,25)(H,24,26). The number of amides is 2. The third-order valence-electron chi connectivity index (χ3n) is 4.11. The van der Waals surface area contributed by atoms with Gasteiger partial charge in [0, 0.05) is 11.3 Å². The van der Waals surface area contributed by atoms with Gasteiger partial charge in [-0.1, -0.05) is 30.3 Å². The number of rotatable bonds is 5. The van der Waals surface area contributed by atoms with Crippen molar-refractivity contribution in [1.29, 1.82) is 0 Å². The summed E-state index contributed by atoms with van der Waals surface area (Å²) in [5.41, 5.74) is 8.44. The van der Waals surface area contributed by atoms with Gasteiger partial charge in [-0.3, -0.25) is 9.59 Å². The van der Waals surface area contributed by atoms with E-state index in [1.807, 2.05) is 31.2 Å². The molecule has 0 atom stereocenters. The van der Waals surface area contributed by atoms with E-state index in [2.05, 4.69) is 5.32 Å². The number of ether oxygens (including phenoxy) is 1. The maximum atomic E-state index is 12.8. The summed E-state index contributed by atoms with van der Waals surface area (Å²) in [6, 6.07) is 19.6. The summed E-state index contributed by atoms with van der Waals surface area (Å²) in [6.07, 6.45) is 0. The Balaban J connectivity index is 1.85. The summed E-state index contributed by atoms with van der Waals surface area (Å²) >= 11 is 0. The Bertz CT molecular complexity index is 1010. The molecule has 3 N–H and O–H groups in total. The second-order valence-electron chi connectivity index (χ2n) is 6.26. The lowest BCUT2D eigenvalue weighted by Crippen LogP contribution is -2.16. The van der Waals surface area contributed by atoms with Crippen LogP contribution in [0.1, 0.15) is 31.8 Å². The van der Waals surface area contributed by atoms with E-state index in [1.54, 1.807) is 49.4 Å². The van der Waals surface area contributed by atoms with Crippen molar-refractivity contribution in [2.45, 2.75) is 13.8 Å². The lowest BCUT2D eigenvalue weighted by atomic mass is 10.1. The Morgan fingerprint density at radius 3 is 2.41 bits per heavy atom. The van der Waals surface area contributed by atoms with Crippen LogP contribution in [0.5, 0.6) is 11.5 Å². The molecule has 0 aliphatic rings. The summed E-state index contributed by atoms with van der Waals surface area (Å²) in [7, 11) is 0. The van der Waals surface area contributed by atoms with E-state index in [4.69, 9.17) is 10.5 Å². The molecule has 3 aromatic rings. The largest absolute Gasteiger partial charge is 0.457 e. The highest BCUT2D eigenvalue weighted by atomic mass is 16.5. The Labute approximate surface area is 157 Å². The van der Waals surface area contributed by atoms with Crippen LogP contribution in [0.25, 0.3) is 0 Å². The van der Waals surface area contributed by atoms with Gasteiger partial charge in [0.2, 0.25) is 5.91 Å². The molecular weight excluding hydrogens is 340 g/mol. The van der Waals surface area contributed by atoms with Gasteiger partial charge >= 0.3 is 0 Å². The smallest absolute Gasteiger partial charge is 0.259 e.